The van der Waals surface area contributed by atoms with E-state index in [2.05, 4.69) is 25.9 Å². The number of alkyl carbamates (subject to hydrolysis) is 2. The molecule has 64 heavy (non-hydrogen) atoms. The van der Waals surface area contributed by atoms with Crippen LogP contribution in [0.25, 0.3) is 11.1 Å². The van der Waals surface area contributed by atoms with E-state index in [9.17, 15) is 24.0 Å². The molecule has 0 bridgehead atoms. The minimum Gasteiger partial charge on any atom is -0.444 e. The highest BCUT2D eigenvalue weighted by Gasteiger charge is 2.28. The molecule has 348 valence electrons. The Morgan fingerprint density at radius 3 is 1.44 bits per heavy atom. The summed E-state index contributed by atoms with van der Waals surface area (Å²) in [6.07, 6.45) is 0.542. The van der Waals surface area contributed by atoms with Gasteiger partial charge < -0.3 is 34.1 Å². The summed E-state index contributed by atoms with van der Waals surface area (Å²) in [5.74, 6) is -2.57. The summed E-state index contributed by atoms with van der Waals surface area (Å²) in [6.45, 7) is 21.0. The zero-order chi connectivity index (χ0) is 47.9. The topological polar surface area (TPSA) is 190 Å². The van der Waals surface area contributed by atoms with Crippen molar-refractivity contribution >= 4 is 70.6 Å². The maximum atomic E-state index is 15.7. The van der Waals surface area contributed by atoms with E-state index in [0.29, 0.717) is 23.1 Å². The van der Waals surface area contributed by atoms with E-state index in [4.69, 9.17) is 30.5 Å². The number of rotatable bonds is 4. The molecule has 3 N–H and O–H groups in total. The third-order valence-corrected chi connectivity index (χ3v) is 9.05. The van der Waals surface area contributed by atoms with E-state index in [0.717, 1.165) is 6.07 Å². The quantitative estimate of drug-likeness (QED) is 0.150. The molecule has 19 heteroatoms. The van der Waals surface area contributed by atoms with Gasteiger partial charge in [-0.1, -0.05) is 35.9 Å². The molecule has 0 aromatic heterocycles. The van der Waals surface area contributed by atoms with Crippen molar-refractivity contribution in [2.24, 2.45) is 9.98 Å². The van der Waals surface area contributed by atoms with Crippen molar-refractivity contribution in [3.8, 4) is 0 Å². The summed E-state index contributed by atoms with van der Waals surface area (Å²) in [4.78, 5) is 74.9. The first-order valence-corrected chi connectivity index (χ1v) is 21.0. The molecule has 16 nitrogen and oxygen atoms in total. The van der Waals surface area contributed by atoms with Crippen molar-refractivity contribution in [1.29, 1.82) is 0 Å². The second kappa shape index (κ2) is 20.2. The van der Waals surface area contributed by atoms with Gasteiger partial charge in [-0.3, -0.25) is 15.4 Å². The van der Waals surface area contributed by atoms with Crippen LogP contribution in [0.3, 0.4) is 0 Å². The predicted octanol–water partition coefficient (Wildman–Crippen LogP) is 9.68. The SMILES string of the molecule is CC(C)(C)OC(=O)N=C(NC(=O)OC(C)(C)C)N1CC=C(c2ccc(C(=O)Nc3ccc(C4=CCN(C(=NC(=O)OC(C)(C)C)NC(=O)OC(C)(C)C)CC4)c(Cl)c3F)cc2F)CC1. The Morgan fingerprint density at radius 1 is 0.625 bits per heavy atom. The molecule has 0 unspecified atom stereocenters. The monoisotopic (exact) mass is 913 g/mol. The van der Waals surface area contributed by atoms with Crippen molar-refractivity contribution in [1.82, 2.24) is 20.4 Å². The van der Waals surface area contributed by atoms with E-state index in [-0.39, 0.29) is 66.4 Å². The first-order valence-electron chi connectivity index (χ1n) is 20.6. The number of aliphatic imine (C=N–C) groups is 2. The number of hydrogen-bond acceptors (Lipinski definition) is 9. The third kappa shape index (κ3) is 15.6. The number of carbonyl (C=O) groups excluding carboxylic acids is 5. The van der Waals surface area contributed by atoms with Gasteiger partial charge in [-0.05, 0) is 131 Å². The fraction of sp³-hybridized carbons (Fsp3) is 0.489. The van der Waals surface area contributed by atoms with Crippen LogP contribution in [0.1, 0.15) is 117 Å². The molecule has 2 aliphatic rings. The number of guanidine groups is 2. The standard InChI is InChI=1S/C45H58ClF2N7O9/c1-42(2,3)61-38(57)50-36(51-39(58)62-43(4,5)6)54-21-17-26(18-22-54)29-14-13-28(25-31(29)47)35(56)49-32-16-15-30(33(46)34(32)48)27-19-23-55(24-20-27)37(52-40(59)63-44(7,8)9)53-41(60)64-45(10,11)12/h13-17,19,25H,18,20-24H2,1-12H3,(H,49,56)(H,50,51,57,58)(H,52,53,59,60). The average Bonchev–Trinajstić information content (AvgIpc) is 3.13. The van der Waals surface area contributed by atoms with Crippen LogP contribution in [0.2, 0.25) is 5.02 Å². The fourth-order valence-corrected chi connectivity index (χ4v) is 6.39. The molecule has 0 fully saturated rings. The van der Waals surface area contributed by atoms with Crippen LogP contribution in [0.15, 0.2) is 52.5 Å². The Bertz CT molecular complexity index is 2270. The van der Waals surface area contributed by atoms with Gasteiger partial charge in [0.05, 0.1) is 10.7 Å². The largest absolute Gasteiger partial charge is 0.444 e. The molecule has 0 saturated heterocycles. The third-order valence-electron chi connectivity index (χ3n) is 8.68. The van der Waals surface area contributed by atoms with Crippen LogP contribution in [0.4, 0.5) is 33.6 Å². The lowest BCUT2D eigenvalue weighted by molar-refractivity contribution is 0.0536. The van der Waals surface area contributed by atoms with E-state index < -0.39 is 64.3 Å². The van der Waals surface area contributed by atoms with Gasteiger partial charge in [-0.15, -0.1) is 9.98 Å². The van der Waals surface area contributed by atoms with Gasteiger partial charge in [0.1, 0.15) is 28.2 Å². The number of ether oxygens (including phenoxy) is 4. The van der Waals surface area contributed by atoms with Gasteiger partial charge in [-0.25, -0.2) is 28.0 Å². The van der Waals surface area contributed by atoms with Crippen LogP contribution < -0.4 is 16.0 Å². The molecule has 2 aromatic rings. The van der Waals surface area contributed by atoms with E-state index in [1.54, 1.807) is 111 Å². The van der Waals surface area contributed by atoms with E-state index in [1.165, 1.54) is 18.2 Å². The zero-order valence-electron chi connectivity index (χ0n) is 38.4. The maximum absolute atomic E-state index is 15.7. The number of nitrogens with zero attached hydrogens (tertiary/aromatic N) is 4. The number of carbonyl (C=O) groups is 5. The summed E-state index contributed by atoms with van der Waals surface area (Å²) in [5, 5.41) is 7.25. The highest BCUT2D eigenvalue weighted by atomic mass is 35.5. The Morgan fingerprint density at radius 2 is 1.05 bits per heavy atom. The molecule has 2 aliphatic heterocycles. The van der Waals surface area contributed by atoms with Crippen molar-refractivity contribution in [3.63, 3.8) is 0 Å². The molecule has 2 heterocycles. The highest BCUT2D eigenvalue weighted by Crippen LogP contribution is 2.34. The predicted molar refractivity (Wildman–Crippen MR) is 240 cm³/mol. The Hall–Kier alpha value is -6.04. The normalized spacial score (nSPS) is 15.4. The second-order valence-corrected chi connectivity index (χ2v) is 19.3. The molecule has 0 radical (unpaired) electrons. The Kier molecular flexibility index (Phi) is 16.0. The van der Waals surface area contributed by atoms with Gasteiger partial charge >= 0.3 is 24.4 Å². The van der Waals surface area contributed by atoms with Gasteiger partial charge in [0, 0.05) is 37.3 Å². The molecule has 0 atom stereocenters. The summed E-state index contributed by atoms with van der Waals surface area (Å²) in [6, 6.07) is 6.79. The number of halogens is 3. The van der Waals surface area contributed by atoms with Crippen molar-refractivity contribution in [2.45, 2.75) is 118 Å². The Labute approximate surface area is 377 Å². The summed E-state index contributed by atoms with van der Waals surface area (Å²) in [7, 11) is 0. The first-order chi connectivity index (χ1) is 29.5. The highest BCUT2D eigenvalue weighted by molar-refractivity contribution is 6.33. The molecule has 4 rings (SSSR count). The van der Waals surface area contributed by atoms with Crippen LogP contribution in [0, 0.1) is 11.6 Å². The van der Waals surface area contributed by atoms with Gasteiger partial charge in [0.15, 0.2) is 5.82 Å². The lowest BCUT2D eigenvalue weighted by Crippen LogP contribution is -2.48. The van der Waals surface area contributed by atoms with Gasteiger partial charge in [0.2, 0.25) is 11.9 Å². The van der Waals surface area contributed by atoms with Gasteiger partial charge in [-0.2, -0.15) is 0 Å². The van der Waals surface area contributed by atoms with E-state index >= 15 is 8.78 Å². The molecule has 0 saturated carbocycles. The van der Waals surface area contributed by atoms with Gasteiger partial charge in [0.25, 0.3) is 5.91 Å². The second-order valence-electron chi connectivity index (χ2n) is 18.9. The lowest BCUT2D eigenvalue weighted by atomic mass is 9.97. The summed E-state index contributed by atoms with van der Waals surface area (Å²) >= 11 is 6.52. The minimum atomic E-state index is -0.920. The minimum absolute atomic E-state index is 0.0776. The van der Waals surface area contributed by atoms with Crippen LogP contribution in [0.5, 0.6) is 0 Å². The molecule has 0 aliphatic carbocycles. The van der Waals surface area contributed by atoms with Crippen molar-refractivity contribution < 1.29 is 51.7 Å². The molecule has 2 aromatic carbocycles. The number of benzene rings is 2. The number of hydrogen-bond donors (Lipinski definition) is 3. The summed E-state index contributed by atoms with van der Waals surface area (Å²) in [5.41, 5.74) is -1.75. The molecule has 5 amide bonds. The van der Waals surface area contributed by atoms with E-state index in [1.807, 2.05) is 0 Å². The molecular weight excluding hydrogens is 856 g/mol. The smallest absolute Gasteiger partial charge is 0.437 e. The zero-order valence-corrected chi connectivity index (χ0v) is 39.1. The van der Waals surface area contributed by atoms with Crippen LogP contribution in [-0.4, -0.2) is 101 Å². The van der Waals surface area contributed by atoms with Crippen molar-refractivity contribution in [3.05, 3.63) is 75.8 Å². The number of nitrogens with one attached hydrogen (secondary N) is 3. The average molecular weight is 914 g/mol. The fourth-order valence-electron chi connectivity index (χ4n) is 6.11. The number of anilines is 1. The van der Waals surface area contributed by atoms with Crippen LogP contribution >= 0.6 is 11.6 Å². The number of amides is 5. The first kappa shape index (κ1) is 50.6. The lowest BCUT2D eigenvalue weighted by Gasteiger charge is -2.30. The molecule has 0 spiro atoms. The maximum Gasteiger partial charge on any atom is 0.437 e. The van der Waals surface area contributed by atoms with Crippen molar-refractivity contribution in [2.75, 3.05) is 31.5 Å². The van der Waals surface area contributed by atoms with Crippen LogP contribution in [-0.2, 0) is 18.9 Å². The molecular formula is C45H58ClF2N7O9. The summed E-state index contributed by atoms with van der Waals surface area (Å²) < 4.78 is 52.7. The Balaban J connectivity index is 1.46.